The lowest BCUT2D eigenvalue weighted by Gasteiger charge is -2.09. The molecule has 0 heterocycles. The zero-order valence-corrected chi connectivity index (χ0v) is 10.6. The fourth-order valence-corrected chi connectivity index (χ4v) is 1.77. The standard InChI is InChI=1S/C12H9BrClNO/c13-9-3-1-2-4-11(9)16-12-7-8(14)5-6-10(12)15/h1-7H,15H2. The van der Waals surface area contributed by atoms with Gasteiger partial charge in [0, 0.05) is 11.1 Å². The Bertz CT molecular complexity index is 516. The molecule has 0 radical (unpaired) electrons. The molecule has 0 aliphatic heterocycles. The van der Waals surface area contributed by atoms with Gasteiger partial charge >= 0.3 is 0 Å². The van der Waals surface area contributed by atoms with Crippen LogP contribution in [0.2, 0.25) is 5.02 Å². The maximum absolute atomic E-state index is 5.88. The summed E-state index contributed by atoms with van der Waals surface area (Å²) in [6.45, 7) is 0. The molecule has 0 atom stereocenters. The summed E-state index contributed by atoms with van der Waals surface area (Å²) in [6, 6.07) is 12.7. The Kier molecular flexibility index (Phi) is 3.36. The highest BCUT2D eigenvalue weighted by Gasteiger charge is 2.05. The number of hydrogen-bond acceptors (Lipinski definition) is 2. The molecule has 2 rings (SSSR count). The van der Waals surface area contributed by atoms with Crippen LogP contribution in [0.3, 0.4) is 0 Å². The molecule has 0 saturated heterocycles. The Balaban J connectivity index is 2.34. The number of benzene rings is 2. The van der Waals surface area contributed by atoms with Crippen LogP contribution in [0.5, 0.6) is 11.5 Å². The van der Waals surface area contributed by atoms with Gasteiger partial charge in [-0.25, -0.2) is 0 Å². The molecule has 0 aliphatic carbocycles. The molecule has 2 aromatic rings. The van der Waals surface area contributed by atoms with Crippen LogP contribution >= 0.6 is 27.5 Å². The van der Waals surface area contributed by atoms with E-state index in [2.05, 4.69) is 15.9 Å². The highest BCUT2D eigenvalue weighted by atomic mass is 79.9. The number of ether oxygens (including phenoxy) is 1. The van der Waals surface area contributed by atoms with Gasteiger partial charge in [-0.15, -0.1) is 0 Å². The lowest BCUT2D eigenvalue weighted by Crippen LogP contribution is -1.92. The first-order chi connectivity index (χ1) is 7.66. The molecular formula is C12H9BrClNO. The van der Waals surface area contributed by atoms with Crippen molar-refractivity contribution < 1.29 is 4.74 Å². The molecular weight excluding hydrogens is 289 g/mol. The zero-order chi connectivity index (χ0) is 11.5. The highest BCUT2D eigenvalue weighted by Crippen LogP contribution is 2.33. The molecule has 2 aromatic carbocycles. The second kappa shape index (κ2) is 4.76. The third-order valence-corrected chi connectivity index (χ3v) is 2.92. The minimum Gasteiger partial charge on any atom is -0.454 e. The minimum atomic E-state index is 0.555. The summed E-state index contributed by atoms with van der Waals surface area (Å²) in [5.41, 5.74) is 6.34. The summed E-state index contributed by atoms with van der Waals surface area (Å²) in [7, 11) is 0. The molecule has 16 heavy (non-hydrogen) atoms. The average molecular weight is 299 g/mol. The van der Waals surface area contributed by atoms with Gasteiger partial charge in [0.1, 0.15) is 5.75 Å². The molecule has 0 saturated carbocycles. The Morgan fingerprint density at radius 2 is 1.81 bits per heavy atom. The number of hydrogen-bond donors (Lipinski definition) is 1. The van der Waals surface area contributed by atoms with Gasteiger partial charge in [-0.05, 0) is 40.2 Å². The summed E-state index contributed by atoms with van der Waals surface area (Å²) in [6.07, 6.45) is 0. The minimum absolute atomic E-state index is 0.555. The van der Waals surface area contributed by atoms with Gasteiger partial charge in [0.25, 0.3) is 0 Å². The van der Waals surface area contributed by atoms with Gasteiger partial charge in [0.05, 0.1) is 10.2 Å². The fraction of sp³-hybridized carbons (Fsp3) is 0. The van der Waals surface area contributed by atoms with Crippen LogP contribution in [0.4, 0.5) is 5.69 Å². The van der Waals surface area contributed by atoms with Crippen LogP contribution in [0.25, 0.3) is 0 Å². The van der Waals surface area contributed by atoms with E-state index in [1.165, 1.54) is 0 Å². The molecule has 0 aromatic heterocycles. The predicted octanol–water partition coefficient (Wildman–Crippen LogP) is 4.48. The lowest BCUT2D eigenvalue weighted by atomic mass is 10.3. The number of nitrogen functional groups attached to an aromatic ring is 1. The SMILES string of the molecule is Nc1ccc(Cl)cc1Oc1ccccc1Br. The van der Waals surface area contributed by atoms with E-state index in [-0.39, 0.29) is 0 Å². The van der Waals surface area contributed by atoms with Gasteiger partial charge in [0.2, 0.25) is 0 Å². The van der Waals surface area contributed by atoms with Crippen molar-refractivity contribution in [1.82, 2.24) is 0 Å². The zero-order valence-electron chi connectivity index (χ0n) is 8.28. The molecule has 0 bridgehead atoms. The maximum atomic E-state index is 5.88. The lowest BCUT2D eigenvalue weighted by molar-refractivity contribution is 0.482. The number of anilines is 1. The Hall–Kier alpha value is -1.19. The van der Waals surface area contributed by atoms with Gasteiger partial charge in [-0.2, -0.15) is 0 Å². The molecule has 0 fully saturated rings. The second-order valence-electron chi connectivity index (χ2n) is 3.21. The highest BCUT2D eigenvalue weighted by molar-refractivity contribution is 9.10. The van der Waals surface area contributed by atoms with Gasteiger partial charge in [-0.1, -0.05) is 23.7 Å². The number of para-hydroxylation sites is 1. The quantitative estimate of drug-likeness (QED) is 0.830. The van der Waals surface area contributed by atoms with Crippen LogP contribution in [0, 0.1) is 0 Å². The summed E-state index contributed by atoms with van der Waals surface area (Å²) >= 11 is 9.27. The monoisotopic (exact) mass is 297 g/mol. The largest absolute Gasteiger partial charge is 0.454 e. The van der Waals surface area contributed by atoms with Crippen molar-refractivity contribution in [3.8, 4) is 11.5 Å². The van der Waals surface area contributed by atoms with Crippen molar-refractivity contribution >= 4 is 33.2 Å². The topological polar surface area (TPSA) is 35.2 Å². The fourth-order valence-electron chi connectivity index (χ4n) is 1.24. The van der Waals surface area contributed by atoms with Crippen LogP contribution in [-0.4, -0.2) is 0 Å². The number of rotatable bonds is 2. The van der Waals surface area contributed by atoms with Crippen molar-refractivity contribution in [1.29, 1.82) is 0 Å². The van der Waals surface area contributed by atoms with Gasteiger partial charge in [0.15, 0.2) is 5.75 Å². The van der Waals surface area contributed by atoms with Crippen LogP contribution in [-0.2, 0) is 0 Å². The molecule has 4 heteroatoms. The van der Waals surface area contributed by atoms with E-state index in [4.69, 9.17) is 22.1 Å². The Labute approximate surface area is 107 Å². The first-order valence-electron chi connectivity index (χ1n) is 4.64. The van der Waals surface area contributed by atoms with Crippen molar-refractivity contribution in [3.63, 3.8) is 0 Å². The average Bonchev–Trinajstić information content (AvgIpc) is 2.27. The smallest absolute Gasteiger partial charge is 0.151 e. The summed E-state index contributed by atoms with van der Waals surface area (Å²) in [5.74, 6) is 1.26. The van der Waals surface area contributed by atoms with E-state index in [1.807, 2.05) is 24.3 Å². The first kappa shape index (κ1) is 11.3. The van der Waals surface area contributed by atoms with E-state index in [0.717, 1.165) is 4.47 Å². The Morgan fingerprint density at radius 1 is 1.06 bits per heavy atom. The van der Waals surface area contributed by atoms with Gasteiger partial charge < -0.3 is 10.5 Å². The molecule has 82 valence electrons. The van der Waals surface area contributed by atoms with Crippen molar-refractivity contribution in [3.05, 3.63) is 52.0 Å². The Morgan fingerprint density at radius 3 is 2.56 bits per heavy atom. The number of nitrogens with two attached hydrogens (primary N) is 1. The van der Waals surface area contributed by atoms with E-state index in [9.17, 15) is 0 Å². The maximum Gasteiger partial charge on any atom is 0.151 e. The summed E-state index contributed by atoms with van der Waals surface area (Å²) < 4.78 is 6.53. The molecule has 2 N–H and O–H groups in total. The normalized spacial score (nSPS) is 10.1. The van der Waals surface area contributed by atoms with Crippen molar-refractivity contribution in [2.24, 2.45) is 0 Å². The number of halogens is 2. The van der Waals surface area contributed by atoms with Crippen LogP contribution in [0.1, 0.15) is 0 Å². The third kappa shape index (κ3) is 2.49. The van der Waals surface area contributed by atoms with E-state index >= 15 is 0 Å². The van der Waals surface area contributed by atoms with Crippen molar-refractivity contribution in [2.75, 3.05) is 5.73 Å². The second-order valence-corrected chi connectivity index (χ2v) is 4.51. The molecule has 0 amide bonds. The molecule has 2 nitrogen and oxygen atoms in total. The summed E-state index contributed by atoms with van der Waals surface area (Å²) in [4.78, 5) is 0. The van der Waals surface area contributed by atoms with Gasteiger partial charge in [-0.3, -0.25) is 0 Å². The van der Waals surface area contributed by atoms with E-state index in [0.29, 0.717) is 22.2 Å². The van der Waals surface area contributed by atoms with Crippen molar-refractivity contribution in [2.45, 2.75) is 0 Å². The summed E-state index contributed by atoms with van der Waals surface area (Å²) in [5, 5.41) is 0.594. The molecule has 0 unspecified atom stereocenters. The third-order valence-electron chi connectivity index (χ3n) is 2.03. The van der Waals surface area contributed by atoms with Crippen LogP contribution in [0.15, 0.2) is 46.9 Å². The predicted molar refractivity (Wildman–Crippen MR) is 70.1 cm³/mol. The molecule has 0 aliphatic rings. The van der Waals surface area contributed by atoms with E-state index < -0.39 is 0 Å². The first-order valence-corrected chi connectivity index (χ1v) is 5.81. The van der Waals surface area contributed by atoms with E-state index in [1.54, 1.807) is 18.2 Å². The van der Waals surface area contributed by atoms with Crippen LogP contribution < -0.4 is 10.5 Å². The molecule has 0 spiro atoms.